The van der Waals surface area contributed by atoms with Crippen molar-refractivity contribution in [1.82, 2.24) is 4.90 Å². The molecule has 1 fully saturated rings. The Hall–Kier alpha value is -1.55. The van der Waals surface area contributed by atoms with Crippen LogP contribution in [0.15, 0.2) is 58.0 Å². The Morgan fingerprint density at radius 1 is 1.17 bits per heavy atom. The van der Waals surface area contributed by atoms with E-state index in [-0.39, 0.29) is 35.2 Å². The molecule has 0 aliphatic carbocycles. The molecule has 10 heteroatoms. The van der Waals surface area contributed by atoms with E-state index in [0.717, 1.165) is 15.7 Å². The molecular weight excluding hydrogens is 510 g/mol. The number of sulfone groups is 1. The predicted molar refractivity (Wildman–Crippen MR) is 126 cm³/mol. The van der Waals surface area contributed by atoms with Crippen molar-refractivity contribution in [2.75, 3.05) is 22.6 Å². The number of nitrogens with zero attached hydrogens (tertiary/aromatic N) is 2. The average molecular weight is 529 g/mol. The maximum absolute atomic E-state index is 12.4. The van der Waals surface area contributed by atoms with Gasteiger partial charge in [0, 0.05) is 21.7 Å². The van der Waals surface area contributed by atoms with Crippen molar-refractivity contribution < 1.29 is 13.2 Å². The zero-order valence-electron chi connectivity index (χ0n) is 15.8. The van der Waals surface area contributed by atoms with Gasteiger partial charge in [-0.15, -0.1) is 0 Å². The van der Waals surface area contributed by atoms with Gasteiger partial charge in [-0.1, -0.05) is 51.4 Å². The molecule has 6 nitrogen and oxygen atoms in total. The number of carbonyl (C=O) groups excluding carboxylic acids is 1. The van der Waals surface area contributed by atoms with E-state index in [2.05, 4.69) is 26.2 Å². The lowest BCUT2D eigenvalue weighted by Crippen LogP contribution is -2.38. The number of amidine groups is 1. The summed E-state index contributed by atoms with van der Waals surface area (Å²) < 4.78 is 25.1. The number of halogens is 2. The highest BCUT2D eigenvalue weighted by molar-refractivity contribution is 9.10. The second-order valence-corrected chi connectivity index (χ2v) is 11.7. The molecule has 0 radical (unpaired) electrons. The maximum atomic E-state index is 12.4. The van der Waals surface area contributed by atoms with Crippen molar-refractivity contribution in [3.8, 4) is 0 Å². The van der Waals surface area contributed by atoms with Crippen LogP contribution in [0.5, 0.6) is 0 Å². The van der Waals surface area contributed by atoms with Crippen molar-refractivity contribution in [2.45, 2.75) is 18.6 Å². The molecule has 158 valence electrons. The molecule has 2 aromatic carbocycles. The molecule has 1 amide bonds. The van der Waals surface area contributed by atoms with Crippen molar-refractivity contribution in [3.05, 3.63) is 63.6 Å². The van der Waals surface area contributed by atoms with Crippen LogP contribution in [-0.4, -0.2) is 53.7 Å². The van der Waals surface area contributed by atoms with Gasteiger partial charge < -0.3 is 10.2 Å². The van der Waals surface area contributed by atoms with Crippen LogP contribution in [0.4, 0.5) is 5.69 Å². The van der Waals surface area contributed by atoms with Crippen LogP contribution in [0.2, 0.25) is 5.02 Å². The minimum atomic E-state index is -3.10. The number of fused-ring (bicyclic) bond motifs is 1. The largest absolute Gasteiger partial charge is 0.341 e. The molecule has 1 saturated heterocycles. The first kappa shape index (κ1) is 21.7. The number of hydrogen-bond acceptors (Lipinski definition) is 6. The SMILES string of the molecule is O=C(CSC1=N[C@H]2CS(=O)(=O)C[C@H]2N1Cc1ccc(Cl)cc1)Nc1ccc(Br)cc1. The van der Waals surface area contributed by atoms with E-state index in [4.69, 9.17) is 11.6 Å². The highest BCUT2D eigenvalue weighted by Crippen LogP contribution is 2.32. The van der Waals surface area contributed by atoms with Crippen molar-refractivity contribution >= 4 is 65.9 Å². The summed E-state index contributed by atoms with van der Waals surface area (Å²) in [5, 5.41) is 4.22. The fourth-order valence-electron chi connectivity index (χ4n) is 3.54. The second-order valence-electron chi connectivity index (χ2n) is 7.22. The molecule has 2 aliphatic rings. The van der Waals surface area contributed by atoms with Gasteiger partial charge >= 0.3 is 0 Å². The van der Waals surface area contributed by atoms with E-state index in [1.807, 2.05) is 53.4 Å². The third-order valence-electron chi connectivity index (χ3n) is 4.94. The van der Waals surface area contributed by atoms with Gasteiger partial charge in [0.25, 0.3) is 0 Å². The lowest BCUT2D eigenvalue weighted by atomic mass is 10.1. The number of aliphatic imine (C=N–C) groups is 1. The van der Waals surface area contributed by atoms with Gasteiger partial charge in [-0.3, -0.25) is 9.79 Å². The molecule has 0 unspecified atom stereocenters. The standard InChI is InChI=1S/C20H19BrClN3O3S2/c21-14-3-7-16(8-4-14)23-19(26)10-29-20-24-17-11-30(27,28)12-18(17)25(20)9-13-1-5-15(22)6-2-13/h1-8,17-18H,9-12H2,(H,23,26)/t17-,18+/m0/s1. The zero-order chi connectivity index (χ0) is 21.3. The highest BCUT2D eigenvalue weighted by atomic mass is 79.9. The maximum Gasteiger partial charge on any atom is 0.234 e. The normalized spacial score (nSPS) is 21.9. The highest BCUT2D eigenvalue weighted by Gasteiger charge is 2.46. The molecular formula is C20H19BrClN3O3S2. The Balaban J connectivity index is 1.44. The molecule has 2 heterocycles. The molecule has 0 aromatic heterocycles. The molecule has 0 bridgehead atoms. The van der Waals surface area contributed by atoms with E-state index < -0.39 is 9.84 Å². The summed E-state index contributed by atoms with van der Waals surface area (Å²) in [5.41, 5.74) is 1.73. The minimum Gasteiger partial charge on any atom is -0.341 e. The van der Waals surface area contributed by atoms with E-state index in [0.29, 0.717) is 16.7 Å². The van der Waals surface area contributed by atoms with Crippen molar-refractivity contribution in [3.63, 3.8) is 0 Å². The summed E-state index contributed by atoms with van der Waals surface area (Å²) in [7, 11) is -3.10. The predicted octanol–water partition coefficient (Wildman–Crippen LogP) is 3.81. The number of rotatable bonds is 5. The summed E-state index contributed by atoms with van der Waals surface area (Å²) >= 11 is 10.7. The first-order valence-electron chi connectivity index (χ1n) is 9.27. The number of amides is 1. The molecule has 0 saturated carbocycles. The van der Waals surface area contributed by atoms with Crippen LogP contribution < -0.4 is 5.32 Å². The topological polar surface area (TPSA) is 78.8 Å². The van der Waals surface area contributed by atoms with Gasteiger partial charge in [-0.05, 0) is 42.0 Å². The van der Waals surface area contributed by atoms with Crippen molar-refractivity contribution in [2.24, 2.45) is 4.99 Å². The number of nitrogens with one attached hydrogen (secondary N) is 1. The lowest BCUT2D eigenvalue weighted by molar-refractivity contribution is -0.113. The van der Waals surface area contributed by atoms with Crippen LogP contribution in [0.1, 0.15) is 5.56 Å². The Bertz CT molecular complexity index is 1080. The fourth-order valence-corrected chi connectivity index (χ4v) is 6.72. The van der Waals surface area contributed by atoms with Crippen LogP contribution in [0.3, 0.4) is 0 Å². The number of thioether (sulfide) groups is 1. The first-order chi connectivity index (χ1) is 14.3. The summed E-state index contributed by atoms with van der Waals surface area (Å²) in [5.74, 6) is 0.202. The van der Waals surface area contributed by atoms with Gasteiger partial charge in [0.1, 0.15) is 0 Å². The van der Waals surface area contributed by atoms with Crippen molar-refractivity contribution in [1.29, 1.82) is 0 Å². The van der Waals surface area contributed by atoms with Crippen LogP contribution in [0.25, 0.3) is 0 Å². The summed E-state index contributed by atoms with van der Waals surface area (Å²) in [6.45, 7) is 0.522. The summed E-state index contributed by atoms with van der Waals surface area (Å²) in [6.07, 6.45) is 0. The first-order valence-corrected chi connectivity index (χ1v) is 13.2. The van der Waals surface area contributed by atoms with Gasteiger partial charge in [0.15, 0.2) is 15.0 Å². The number of carbonyl (C=O) groups is 1. The third kappa shape index (κ3) is 5.19. The Morgan fingerprint density at radius 2 is 1.87 bits per heavy atom. The number of anilines is 1. The van der Waals surface area contributed by atoms with Gasteiger partial charge in [0.05, 0.1) is 29.3 Å². The number of benzene rings is 2. The Morgan fingerprint density at radius 3 is 2.57 bits per heavy atom. The second kappa shape index (κ2) is 8.90. The van der Waals surface area contributed by atoms with Crippen LogP contribution in [0, 0.1) is 0 Å². The molecule has 4 rings (SSSR count). The van der Waals surface area contributed by atoms with Crippen LogP contribution in [-0.2, 0) is 21.2 Å². The summed E-state index contributed by atoms with van der Waals surface area (Å²) in [6, 6.07) is 14.4. The summed E-state index contributed by atoms with van der Waals surface area (Å²) in [4.78, 5) is 19.0. The van der Waals surface area contributed by atoms with Gasteiger partial charge in [-0.2, -0.15) is 0 Å². The van der Waals surface area contributed by atoms with E-state index >= 15 is 0 Å². The molecule has 2 atom stereocenters. The van der Waals surface area contributed by atoms with E-state index in [1.165, 1.54) is 11.8 Å². The molecule has 0 spiro atoms. The zero-order valence-corrected chi connectivity index (χ0v) is 19.8. The van der Waals surface area contributed by atoms with E-state index in [1.54, 1.807) is 0 Å². The third-order valence-corrected chi connectivity index (χ3v) is 8.43. The lowest BCUT2D eigenvalue weighted by Gasteiger charge is -2.26. The Kier molecular flexibility index (Phi) is 6.43. The molecule has 2 aromatic rings. The van der Waals surface area contributed by atoms with Gasteiger partial charge in [-0.25, -0.2) is 8.42 Å². The smallest absolute Gasteiger partial charge is 0.234 e. The molecule has 1 N–H and O–H groups in total. The fraction of sp³-hybridized carbons (Fsp3) is 0.300. The minimum absolute atomic E-state index is 0.0595. The average Bonchev–Trinajstić information content (AvgIpc) is 3.16. The monoisotopic (exact) mass is 527 g/mol. The molecule has 30 heavy (non-hydrogen) atoms. The van der Waals surface area contributed by atoms with E-state index in [9.17, 15) is 13.2 Å². The van der Waals surface area contributed by atoms with Gasteiger partial charge in [0.2, 0.25) is 5.91 Å². The molecule has 2 aliphatic heterocycles. The van der Waals surface area contributed by atoms with Crippen LogP contribution >= 0.6 is 39.3 Å². The Labute approximate surface area is 193 Å². The quantitative estimate of drug-likeness (QED) is 0.638. The number of hydrogen-bond donors (Lipinski definition) is 1.